The lowest BCUT2D eigenvalue weighted by Gasteiger charge is -2.41. The number of nitrogens with one attached hydrogen (secondary N) is 2. The number of Topliss-reactive ketones (excluding diaryl/α,β-unsaturated/α-hetero) is 1. The Morgan fingerprint density at radius 2 is 1.53 bits per heavy atom. The molecule has 3 N–H and O–H groups in total. The molecule has 2 rings (SSSR count). The lowest BCUT2D eigenvalue weighted by molar-refractivity contribution is -0.147. The summed E-state index contributed by atoms with van der Waals surface area (Å²) < 4.78 is 12.0. The van der Waals surface area contributed by atoms with E-state index in [9.17, 15) is 24.3 Å². The third kappa shape index (κ3) is 11.6. The molecule has 1 aromatic carbocycles. The van der Waals surface area contributed by atoms with E-state index in [-0.39, 0.29) is 66.1 Å². The molecule has 11 nitrogen and oxygen atoms in total. The number of methoxy groups -OCH3 is 2. The van der Waals surface area contributed by atoms with Gasteiger partial charge in [0.2, 0.25) is 17.7 Å². The Labute approximate surface area is 307 Å². The molecule has 1 fully saturated rings. The van der Waals surface area contributed by atoms with Crippen molar-refractivity contribution in [2.75, 3.05) is 34.9 Å². The van der Waals surface area contributed by atoms with Crippen molar-refractivity contribution in [3.8, 4) is 0 Å². The summed E-state index contributed by atoms with van der Waals surface area (Å²) >= 11 is 0. The summed E-state index contributed by atoms with van der Waals surface area (Å²) in [6.45, 7) is 16.1. The second kappa shape index (κ2) is 21.0. The Balaban J connectivity index is 2.24. The fraction of sp³-hybridized carbons (Fsp3) is 0.750. The van der Waals surface area contributed by atoms with Crippen molar-refractivity contribution in [2.45, 2.75) is 130 Å². The third-order valence-corrected chi connectivity index (χ3v) is 11.0. The van der Waals surface area contributed by atoms with E-state index in [4.69, 9.17) is 9.47 Å². The molecule has 11 heteroatoms. The fourth-order valence-electron chi connectivity index (χ4n) is 7.68. The van der Waals surface area contributed by atoms with E-state index in [0.717, 1.165) is 18.4 Å². The van der Waals surface area contributed by atoms with Crippen molar-refractivity contribution in [3.63, 3.8) is 0 Å². The second-order valence-corrected chi connectivity index (χ2v) is 15.3. The van der Waals surface area contributed by atoms with Crippen LogP contribution in [0.3, 0.4) is 0 Å². The van der Waals surface area contributed by atoms with Crippen LogP contribution in [0, 0.1) is 29.6 Å². The van der Waals surface area contributed by atoms with Gasteiger partial charge in [-0.3, -0.25) is 19.2 Å². The number of likely N-dealkylation sites (tertiary alicyclic amines) is 1. The minimum absolute atomic E-state index is 0.00657. The number of ether oxygens (including phenoxy) is 2. The Hall–Kier alpha value is -2.86. The van der Waals surface area contributed by atoms with Crippen molar-refractivity contribution in [1.82, 2.24) is 20.4 Å². The fourth-order valence-corrected chi connectivity index (χ4v) is 7.68. The lowest BCUT2D eigenvalue weighted by Crippen LogP contribution is -2.59. The van der Waals surface area contributed by atoms with Crippen molar-refractivity contribution < 1.29 is 33.8 Å². The summed E-state index contributed by atoms with van der Waals surface area (Å²) in [4.78, 5) is 58.5. The van der Waals surface area contributed by atoms with Gasteiger partial charge in [0.15, 0.2) is 0 Å². The second-order valence-electron chi connectivity index (χ2n) is 15.3. The SMILES string of the molecule is CC[C@@H](C)[C@H]([C@H](CC(=O)N1CCC[C@@H]1[C@@H](OC)[C@H](C)C(=O)C[C@@H](C)[C@H](O)c1ccccc1)OC)N(C)C(=O)[C@H](NC(=O)[C@H](NC)C(C)C)C(C)C. The van der Waals surface area contributed by atoms with Gasteiger partial charge in [-0.1, -0.05) is 92.1 Å². The van der Waals surface area contributed by atoms with Crippen molar-refractivity contribution in [1.29, 1.82) is 0 Å². The normalized spacial score (nSPS) is 20.2. The van der Waals surface area contributed by atoms with Gasteiger partial charge in [-0.05, 0) is 49.1 Å². The maximum absolute atomic E-state index is 14.1. The molecular weight excluding hydrogens is 648 g/mol. The molecule has 0 aliphatic carbocycles. The van der Waals surface area contributed by atoms with Gasteiger partial charge in [0.1, 0.15) is 11.8 Å². The highest BCUT2D eigenvalue weighted by Gasteiger charge is 2.43. The zero-order valence-electron chi connectivity index (χ0n) is 33.3. The van der Waals surface area contributed by atoms with E-state index >= 15 is 0 Å². The van der Waals surface area contributed by atoms with E-state index in [1.165, 1.54) is 0 Å². The van der Waals surface area contributed by atoms with Crippen LogP contribution in [0.25, 0.3) is 0 Å². The molecule has 290 valence electrons. The highest BCUT2D eigenvalue weighted by molar-refractivity contribution is 5.90. The number of carbonyl (C=O) groups is 4. The molecular formula is C40H68N4O7. The summed E-state index contributed by atoms with van der Waals surface area (Å²) in [5.41, 5.74) is 0.773. The van der Waals surface area contributed by atoms with Crippen LogP contribution in [0.4, 0.5) is 0 Å². The van der Waals surface area contributed by atoms with E-state index in [0.29, 0.717) is 13.0 Å². The summed E-state index contributed by atoms with van der Waals surface area (Å²) in [5, 5.41) is 16.9. The molecule has 0 radical (unpaired) electrons. The number of hydrogen-bond donors (Lipinski definition) is 3. The van der Waals surface area contributed by atoms with Gasteiger partial charge in [-0.15, -0.1) is 0 Å². The highest BCUT2D eigenvalue weighted by atomic mass is 16.5. The predicted octanol–water partition coefficient (Wildman–Crippen LogP) is 4.62. The van der Waals surface area contributed by atoms with Gasteiger partial charge >= 0.3 is 0 Å². The maximum atomic E-state index is 14.1. The Kier molecular flexibility index (Phi) is 18.2. The molecule has 0 saturated carbocycles. The van der Waals surface area contributed by atoms with Crippen LogP contribution < -0.4 is 10.6 Å². The van der Waals surface area contributed by atoms with Crippen molar-refractivity contribution in [3.05, 3.63) is 35.9 Å². The molecule has 0 bridgehead atoms. The quantitative estimate of drug-likeness (QED) is 0.168. The predicted molar refractivity (Wildman–Crippen MR) is 201 cm³/mol. The van der Waals surface area contributed by atoms with Crippen LogP contribution in [-0.4, -0.2) is 110 Å². The standard InChI is InChI=1S/C40H68N4O7/c1-13-26(6)36(43(10)40(49)35(25(4)5)42-39(48)34(41-9)24(2)3)32(50-11)23-33(46)44-21-17-20-30(44)38(51-12)28(8)31(45)22-27(7)37(47)29-18-15-14-16-19-29/h14-16,18-19,24-28,30,32,34-38,41,47H,13,17,20-23H2,1-12H3,(H,42,48)/t26-,27-,28-,30-,32+,34-,35-,36-,37+,38+/m1/s1. The summed E-state index contributed by atoms with van der Waals surface area (Å²) in [7, 11) is 6.62. The number of ketones is 1. The van der Waals surface area contributed by atoms with Gasteiger partial charge in [-0.2, -0.15) is 0 Å². The number of amides is 3. The first-order valence-corrected chi connectivity index (χ1v) is 18.9. The molecule has 1 aliphatic rings. The van der Waals surface area contributed by atoms with Gasteiger partial charge in [0, 0.05) is 40.2 Å². The van der Waals surface area contributed by atoms with Gasteiger partial charge in [0.05, 0.1) is 42.9 Å². The maximum Gasteiger partial charge on any atom is 0.245 e. The van der Waals surface area contributed by atoms with E-state index in [2.05, 4.69) is 10.6 Å². The summed E-state index contributed by atoms with van der Waals surface area (Å²) in [6.07, 6.45) is 0.590. The van der Waals surface area contributed by atoms with Crippen LogP contribution in [0.1, 0.15) is 99.2 Å². The van der Waals surface area contributed by atoms with E-state index < -0.39 is 42.4 Å². The topological polar surface area (TPSA) is 138 Å². The molecule has 0 aromatic heterocycles. The number of aliphatic hydroxyl groups excluding tert-OH is 1. The molecule has 1 aromatic rings. The number of aliphatic hydroxyl groups is 1. The molecule has 1 aliphatic heterocycles. The largest absolute Gasteiger partial charge is 0.388 e. The minimum Gasteiger partial charge on any atom is -0.388 e. The number of hydrogen-bond acceptors (Lipinski definition) is 8. The van der Waals surface area contributed by atoms with Crippen LogP contribution in [0.2, 0.25) is 0 Å². The van der Waals surface area contributed by atoms with Crippen LogP contribution in [0.15, 0.2) is 30.3 Å². The Morgan fingerprint density at radius 1 is 0.922 bits per heavy atom. The zero-order chi connectivity index (χ0) is 38.6. The lowest BCUT2D eigenvalue weighted by atomic mass is 9.85. The molecule has 0 spiro atoms. The first-order chi connectivity index (χ1) is 24.0. The number of nitrogens with zero attached hydrogens (tertiary/aromatic N) is 2. The van der Waals surface area contributed by atoms with Crippen LogP contribution in [0.5, 0.6) is 0 Å². The molecule has 51 heavy (non-hydrogen) atoms. The van der Waals surface area contributed by atoms with Gasteiger partial charge < -0.3 is 35.0 Å². The zero-order valence-corrected chi connectivity index (χ0v) is 33.3. The molecule has 1 heterocycles. The van der Waals surface area contributed by atoms with Gasteiger partial charge in [0.25, 0.3) is 0 Å². The number of likely N-dealkylation sites (N-methyl/N-ethyl adjacent to an activating group) is 2. The summed E-state index contributed by atoms with van der Waals surface area (Å²) in [6, 6.07) is 7.42. The first-order valence-electron chi connectivity index (χ1n) is 18.9. The highest BCUT2D eigenvalue weighted by Crippen LogP contribution is 2.32. The minimum atomic E-state index is -0.764. The van der Waals surface area contributed by atoms with Crippen LogP contribution in [-0.2, 0) is 28.7 Å². The third-order valence-electron chi connectivity index (χ3n) is 11.0. The number of rotatable bonds is 21. The Morgan fingerprint density at radius 3 is 2.04 bits per heavy atom. The number of benzene rings is 1. The van der Waals surface area contributed by atoms with Crippen LogP contribution >= 0.6 is 0 Å². The molecule has 10 atom stereocenters. The number of carbonyl (C=O) groups excluding carboxylic acids is 4. The smallest absolute Gasteiger partial charge is 0.245 e. The monoisotopic (exact) mass is 717 g/mol. The van der Waals surface area contributed by atoms with E-state index in [1.54, 1.807) is 33.2 Å². The molecule has 0 unspecified atom stereocenters. The first kappa shape index (κ1) is 44.3. The van der Waals surface area contributed by atoms with Gasteiger partial charge in [-0.25, -0.2) is 0 Å². The summed E-state index contributed by atoms with van der Waals surface area (Å²) in [5.74, 6) is -1.50. The average Bonchev–Trinajstić information content (AvgIpc) is 3.59. The average molecular weight is 717 g/mol. The van der Waals surface area contributed by atoms with Crippen molar-refractivity contribution in [2.24, 2.45) is 29.6 Å². The Bertz CT molecular complexity index is 1240. The van der Waals surface area contributed by atoms with Crippen molar-refractivity contribution >= 4 is 23.5 Å². The molecule has 3 amide bonds. The van der Waals surface area contributed by atoms with E-state index in [1.807, 2.05) is 90.6 Å². The molecule has 1 saturated heterocycles.